The molecule has 0 radical (unpaired) electrons. The van der Waals surface area contributed by atoms with Gasteiger partial charge in [0, 0.05) is 36.3 Å². The molecule has 230 valence electrons. The number of fused-ring (bicyclic) bond motifs is 2. The number of anilines is 3. The van der Waals surface area contributed by atoms with Crippen LogP contribution in [0, 0.1) is 6.92 Å². The lowest BCUT2D eigenvalue weighted by atomic mass is 10.0. The number of benzene rings is 3. The molecule has 1 unspecified atom stereocenters. The first kappa shape index (κ1) is 29.3. The number of ether oxygens (including phenoxy) is 2. The number of aromatic nitrogens is 2. The lowest BCUT2D eigenvalue weighted by Crippen LogP contribution is -2.43. The average molecular weight is 607 g/mol. The molecule has 1 saturated heterocycles. The number of nitrogen functional groups attached to an aromatic ring is 1. The molecular weight excluding hydrogens is 573 g/mol. The van der Waals surface area contributed by atoms with Gasteiger partial charge in [0.2, 0.25) is 0 Å². The zero-order valence-electron chi connectivity index (χ0n) is 24.4. The van der Waals surface area contributed by atoms with Gasteiger partial charge in [-0.25, -0.2) is 14.8 Å². The fourth-order valence-electron chi connectivity index (χ4n) is 5.82. The van der Waals surface area contributed by atoms with Crippen LogP contribution >= 0.6 is 0 Å². The second-order valence-electron chi connectivity index (χ2n) is 11.2. The molecule has 3 heterocycles. The van der Waals surface area contributed by atoms with Crippen molar-refractivity contribution >= 4 is 34.2 Å². The number of hydrogen-bond donors (Lipinski definition) is 2. The summed E-state index contributed by atoms with van der Waals surface area (Å²) in [5.74, 6) is 1.67. The van der Waals surface area contributed by atoms with Gasteiger partial charge >= 0.3 is 12.3 Å². The lowest BCUT2D eigenvalue weighted by molar-refractivity contribution is -0.137. The molecule has 9 nitrogen and oxygen atoms in total. The first-order valence-electron chi connectivity index (χ1n) is 14.5. The maximum absolute atomic E-state index is 13.5. The molecule has 12 heteroatoms. The molecule has 4 aromatic rings. The predicted octanol–water partition coefficient (Wildman–Crippen LogP) is 6.32. The zero-order chi connectivity index (χ0) is 31.0. The van der Waals surface area contributed by atoms with Crippen LogP contribution in [0.25, 0.3) is 10.9 Å². The second-order valence-corrected chi connectivity index (χ2v) is 11.2. The van der Waals surface area contributed by atoms with Crippen molar-refractivity contribution in [3.63, 3.8) is 0 Å². The first-order valence-corrected chi connectivity index (χ1v) is 14.5. The minimum Gasteiger partial charge on any atom is -0.489 e. The Morgan fingerprint density at radius 2 is 1.93 bits per heavy atom. The van der Waals surface area contributed by atoms with Crippen molar-refractivity contribution < 1.29 is 27.4 Å². The van der Waals surface area contributed by atoms with E-state index in [1.807, 2.05) is 42.5 Å². The summed E-state index contributed by atoms with van der Waals surface area (Å²) in [6, 6.07) is 16.4. The Bertz CT molecular complexity index is 1680. The van der Waals surface area contributed by atoms with Crippen LogP contribution in [0.1, 0.15) is 41.9 Å². The van der Waals surface area contributed by atoms with Gasteiger partial charge in [-0.2, -0.15) is 13.2 Å². The van der Waals surface area contributed by atoms with E-state index in [1.165, 1.54) is 6.07 Å². The maximum Gasteiger partial charge on any atom is 0.416 e. The van der Waals surface area contributed by atoms with Gasteiger partial charge in [0.05, 0.1) is 29.4 Å². The van der Waals surface area contributed by atoms with Gasteiger partial charge < -0.3 is 30.3 Å². The molecular formula is C32H33F3N6O3. The summed E-state index contributed by atoms with van der Waals surface area (Å²) in [7, 11) is 0. The van der Waals surface area contributed by atoms with E-state index in [2.05, 4.69) is 20.2 Å². The van der Waals surface area contributed by atoms with Gasteiger partial charge in [-0.1, -0.05) is 30.3 Å². The van der Waals surface area contributed by atoms with Crippen LogP contribution in [0.5, 0.6) is 5.75 Å². The van der Waals surface area contributed by atoms with Crippen molar-refractivity contribution in [2.75, 3.05) is 42.2 Å². The third-order valence-corrected chi connectivity index (χ3v) is 8.01. The van der Waals surface area contributed by atoms with Gasteiger partial charge in [0.15, 0.2) is 0 Å². The smallest absolute Gasteiger partial charge is 0.416 e. The third-order valence-electron chi connectivity index (χ3n) is 8.01. The SMILES string of the molecule is Cc1nc(N[C@H](C)c2cc(N)cc(C(F)(F)F)c2)c2cc3c(cc2n1)OCCN3C1CCN(C(=O)OCc2ccccc2)C1. The molecule has 1 fully saturated rings. The van der Waals surface area contributed by atoms with E-state index in [0.717, 1.165) is 29.8 Å². The van der Waals surface area contributed by atoms with Gasteiger partial charge in [-0.3, -0.25) is 0 Å². The van der Waals surface area contributed by atoms with Crippen LogP contribution < -0.4 is 20.7 Å². The first-order chi connectivity index (χ1) is 21.0. The highest BCUT2D eigenvalue weighted by Crippen LogP contribution is 2.40. The number of amides is 1. The molecule has 3 aromatic carbocycles. The Kier molecular flexibility index (Phi) is 7.83. The Balaban J connectivity index is 1.24. The number of nitrogens with two attached hydrogens (primary N) is 1. The summed E-state index contributed by atoms with van der Waals surface area (Å²) in [5, 5.41) is 3.99. The molecule has 0 bridgehead atoms. The van der Waals surface area contributed by atoms with E-state index in [0.29, 0.717) is 60.1 Å². The number of carbonyl (C=O) groups is 1. The molecule has 2 atom stereocenters. The van der Waals surface area contributed by atoms with Gasteiger partial charge in [-0.15, -0.1) is 0 Å². The standard InChI is InChI=1S/C32H33F3N6O3/c1-19(22-12-23(32(33,34)35)14-24(36)13-22)37-30-26-15-28-29(16-27(26)38-20(2)39-30)43-11-10-41(28)25-8-9-40(17-25)31(42)44-18-21-6-4-3-5-7-21/h3-7,12-16,19,25H,8-11,17-18,36H2,1-2H3,(H,37,38,39)/t19-,25?/m1/s1. The zero-order valence-corrected chi connectivity index (χ0v) is 24.4. The number of halogens is 3. The summed E-state index contributed by atoms with van der Waals surface area (Å²) in [6.45, 7) is 5.93. The fraction of sp³-hybridized carbons (Fsp3) is 0.344. The van der Waals surface area contributed by atoms with Crippen molar-refractivity contribution in [2.24, 2.45) is 0 Å². The van der Waals surface area contributed by atoms with E-state index >= 15 is 0 Å². The molecule has 1 amide bonds. The average Bonchev–Trinajstić information content (AvgIpc) is 3.49. The number of carbonyl (C=O) groups excluding carboxylic acids is 1. The summed E-state index contributed by atoms with van der Waals surface area (Å²) in [4.78, 5) is 26.0. The van der Waals surface area contributed by atoms with Crippen molar-refractivity contribution in [2.45, 2.75) is 45.1 Å². The minimum absolute atomic E-state index is 0.0311. The Labute approximate surface area is 252 Å². The normalized spacial score (nSPS) is 17.2. The molecule has 0 spiro atoms. The molecule has 2 aliphatic heterocycles. The van der Waals surface area contributed by atoms with Gasteiger partial charge in [-0.05, 0) is 55.7 Å². The lowest BCUT2D eigenvalue weighted by Gasteiger charge is -2.36. The molecule has 0 saturated carbocycles. The second kappa shape index (κ2) is 11.7. The van der Waals surface area contributed by atoms with Crippen LogP contribution in [-0.2, 0) is 17.5 Å². The number of nitrogens with zero attached hydrogens (tertiary/aromatic N) is 4. The highest BCUT2D eigenvalue weighted by Gasteiger charge is 2.35. The fourth-order valence-corrected chi connectivity index (χ4v) is 5.82. The van der Waals surface area contributed by atoms with E-state index in [9.17, 15) is 18.0 Å². The van der Waals surface area contributed by atoms with Crippen LogP contribution in [0.2, 0.25) is 0 Å². The molecule has 3 N–H and O–H groups in total. The molecule has 0 aliphatic carbocycles. The highest BCUT2D eigenvalue weighted by molar-refractivity contribution is 5.94. The summed E-state index contributed by atoms with van der Waals surface area (Å²) in [6.07, 6.45) is -4.09. The Morgan fingerprint density at radius 3 is 2.70 bits per heavy atom. The summed E-state index contributed by atoms with van der Waals surface area (Å²) < 4.78 is 52.0. The van der Waals surface area contributed by atoms with Crippen molar-refractivity contribution in [1.29, 1.82) is 0 Å². The van der Waals surface area contributed by atoms with Gasteiger partial charge in [0.25, 0.3) is 0 Å². The predicted molar refractivity (Wildman–Crippen MR) is 162 cm³/mol. The summed E-state index contributed by atoms with van der Waals surface area (Å²) in [5.41, 5.74) is 7.85. The molecule has 1 aromatic heterocycles. The van der Waals surface area contributed by atoms with Crippen LogP contribution in [0.3, 0.4) is 0 Å². The third kappa shape index (κ3) is 6.15. The van der Waals surface area contributed by atoms with Crippen molar-refractivity contribution in [3.8, 4) is 5.75 Å². The van der Waals surface area contributed by atoms with E-state index < -0.39 is 17.8 Å². The van der Waals surface area contributed by atoms with E-state index in [1.54, 1.807) is 18.7 Å². The Morgan fingerprint density at radius 1 is 1.14 bits per heavy atom. The molecule has 44 heavy (non-hydrogen) atoms. The number of aryl methyl sites for hydroxylation is 1. The number of alkyl halides is 3. The number of nitrogens with one attached hydrogen (secondary N) is 1. The van der Waals surface area contributed by atoms with Crippen LogP contribution in [-0.4, -0.2) is 53.2 Å². The Hall–Kier alpha value is -4.74. The molecule has 2 aliphatic rings. The molecule has 6 rings (SSSR count). The van der Waals surface area contributed by atoms with Gasteiger partial charge in [0.1, 0.15) is 30.6 Å². The van der Waals surface area contributed by atoms with E-state index in [-0.39, 0.29) is 24.4 Å². The van der Waals surface area contributed by atoms with Crippen molar-refractivity contribution in [3.05, 3.63) is 83.2 Å². The monoisotopic (exact) mass is 606 g/mol. The number of rotatable bonds is 6. The quantitative estimate of drug-likeness (QED) is 0.246. The topological polar surface area (TPSA) is 106 Å². The maximum atomic E-state index is 13.5. The van der Waals surface area contributed by atoms with Crippen LogP contribution in [0.4, 0.5) is 35.2 Å². The minimum atomic E-state index is -4.51. The largest absolute Gasteiger partial charge is 0.489 e. The van der Waals surface area contributed by atoms with E-state index in [4.69, 9.17) is 15.2 Å². The summed E-state index contributed by atoms with van der Waals surface area (Å²) >= 11 is 0. The highest BCUT2D eigenvalue weighted by atomic mass is 19.4. The van der Waals surface area contributed by atoms with Crippen molar-refractivity contribution in [1.82, 2.24) is 14.9 Å². The van der Waals surface area contributed by atoms with Crippen LogP contribution in [0.15, 0.2) is 60.7 Å². The number of likely N-dealkylation sites (tertiary alicyclic amines) is 1. The number of hydrogen-bond acceptors (Lipinski definition) is 8.